The minimum Gasteiger partial charge on any atom is -0.422 e. The Hall–Kier alpha value is -0.863. The van der Waals surface area contributed by atoms with Gasteiger partial charge < -0.3 is 4.43 Å². The lowest BCUT2D eigenvalue weighted by atomic mass is 9.89. The molecule has 0 aliphatic carbocycles. The molecule has 0 heterocycles. The number of hydrogen-bond donors (Lipinski definition) is 0. The van der Waals surface area contributed by atoms with Crippen molar-refractivity contribution in [3.63, 3.8) is 0 Å². The summed E-state index contributed by atoms with van der Waals surface area (Å²) in [7, 11) is 0.816. The molecule has 0 saturated heterocycles. The quantitative estimate of drug-likeness (QED) is 0.702. The Morgan fingerprint density at radius 3 is 2.29 bits per heavy atom. The van der Waals surface area contributed by atoms with Gasteiger partial charge >= 0.3 is 0 Å². The highest BCUT2D eigenvalue weighted by Gasteiger charge is 2.24. The lowest BCUT2D eigenvalue weighted by Gasteiger charge is -2.31. The van der Waals surface area contributed by atoms with Crippen LogP contribution in [0.2, 0.25) is 0 Å². The molecule has 94 valence electrons. The van der Waals surface area contributed by atoms with Crippen LogP contribution < -0.4 is 0 Å². The fourth-order valence-corrected chi connectivity index (χ4v) is 2.98. The van der Waals surface area contributed by atoms with Crippen LogP contribution in [-0.2, 0) is 4.43 Å². The molecule has 0 aromatic heterocycles. The number of rotatable bonds is 6. The smallest absolute Gasteiger partial charge is 0.146 e. The third-order valence-electron chi connectivity index (χ3n) is 3.54. The van der Waals surface area contributed by atoms with Crippen LogP contribution in [0.25, 0.3) is 6.08 Å². The molecule has 0 radical (unpaired) electrons. The van der Waals surface area contributed by atoms with Crippen molar-refractivity contribution >= 4 is 16.6 Å². The van der Waals surface area contributed by atoms with E-state index >= 15 is 0 Å². The first kappa shape index (κ1) is 14.2. The lowest BCUT2D eigenvalue weighted by molar-refractivity contribution is 0.0716. The highest BCUT2D eigenvalue weighted by atomic mass is 28.2. The fraction of sp³-hybridized carbons (Fsp3) is 0.467. The van der Waals surface area contributed by atoms with Gasteiger partial charge in [0.25, 0.3) is 0 Å². The largest absolute Gasteiger partial charge is 0.422 e. The molecule has 0 unspecified atom stereocenters. The molecule has 0 fully saturated rings. The van der Waals surface area contributed by atoms with Crippen molar-refractivity contribution in [2.24, 2.45) is 0 Å². The van der Waals surface area contributed by atoms with Gasteiger partial charge in [0.05, 0.1) is 5.60 Å². The van der Waals surface area contributed by atoms with E-state index in [0.717, 1.165) is 29.7 Å². The highest BCUT2D eigenvalue weighted by Crippen LogP contribution is 2.28. The van der Waals surface area contributed by atoms with E-state index in [9.17, 15) is 0 Å². The molecule has 0 bridgehead atoms. The van der Waals surface area contributed by atoms with Crippen molar-refractivity contribution < 1.29 is 4.43 Å². The zero-order valence-corrected chi connectivity index (χ0v) is 13.5. The molecule has 0 spiro atoms. The Balaban J connectivity index is 2.77. The van der Waals surface area contributed by atoms with E-state index in [1.54, 1.807) is 0 Å². The van der Waals surface area contributed by atoms with E-state index in [1.165, 1.54) is 11.1 Å². The van der Waals surface area contributed by atoms with E-state index in [2.05, 4.69) is 57.2 Å². The van der Waals surface area contributed by atoms with Crippen LogP contribution in [0.1, 0.15) is 45.6 Å². The van der Waals surface area contributed by atoms with E-state index < -0.39 is 0 Å². The van der Waals surface area contributed by atoms with Gasteiger partial charge in [-0.3, -0.25) is 0 Å². The monoisotopic (exact) mass is 248 g/mol. The van der Waals surface area contributed by atoms with E-state index in [1.807, 2.05) is 0 Å². The van der Waals surface area contributed by atoms with Crippen LogP contribution in [0.3, 0.4) is 0 Å². The molecular formula is C15H24OSi. The zero-order chi connectivity index (χ0) is 12.7. The second kappa shape index (κ2) is 6.77. The molecule has 0 amide bonds. The molecule has 0 N–H and O–H groups in total. The lowest BCUT2D eigenvalue weighted by Crippen LogP contribution is -2.30. The normalized spacial score (nSPS) is 13.0. The molecule has 0 saturated carbocycles. The van der Waals surface area contributed by atoms with Crippen LogP contribution in [0, 0.1) is 0 Å². The van der Waals surface area contributed by atoms with Crippen molar-refractivity contribution in [2.75, 3.05) is 0 Å². The highest BCUT2D eigenvalue weighted by molar-refractivity contribution is 5.98. The Bertz CT molecular complexity index is 344. The van der Waals surface area contributed by atoms with Gasteiger partial charge in [0.1, 0.15) is 10.5 Å². The molecule has 0 aliphatic heterocycles. The summed E-state index contributed by atoms with van der Waals surface area (Å²) >= 11 is 0. The minimum atomic E-state index is 0.0710. The maximum Gasteiger partial charge on any atom is 0.146 e. The fourth-order valence-electron chi connectivity index (χ4n) is 2.25. The Morgan fingerprint density at radius 1 is 1.24 bits per heavy atom. The molecular weight excluding hydrogens is 224 g/mol. The second-order valence-corrected chi connectivity index (χ2v) is 5.08. The Morgan fingerprint density at radius 2 is 1.82 bits per heavy atom. The summed E-state index contributed by atoms with van der Waals surface area (Å²) in [4.78, 5) is 0. The summed E-state index contributed by atoms with van der Waals surface area (Å²) in [5.74, 6) is 0. The average molecular weight is 248 g/mol. The SMILES string of the molecule is CCC(CC)(CC(C)=Cc1ccccc1)O[SiH3]. The number of hydrogen-bond acceptors (Lipinski definition) is 1. The topological polar surface area (TPSA) is 9.23 Å². The van der Waals surface area contributed by atoms with Gasteiger partial charge in [-0.2, -0.15) is 0 Å². The average Bonchev–Trinajstić information content (AvgIpc) is 2.37. The van der Waals surface area contributed by atoms with Crippen molar-refractivity contribution in [2.45, 2.75) is 45.6 Å². The van der Waals surface area contributed by atoms with Crippen LogP contribution in [0.5, 0.6) is 0 Å². The minimum absolute atomic E-state index is 0.0710. The first-order valence-electron chi connectivity index (χ1n) is 6.43. The van der Waals surface area contributed by atoms with E-state index in [4.69, 9.17) is 4.43 Å². The van der Waals surface area contributed by atoms with E-state index in [-0.39, 0.29) is 5.60 Å². The van der Waals surface area contributed by atoms with Crippen LogP contribution in [-0.4, -0.2) is 16.1 Å². The van der Waals surface area contributed by atoms with Gasteiger partial charge in [0.2, 0.25) is 0 Å². The van der Waals surface area contributed by atoms with Crippen LogP contribution in [0.4, 0.5) is 0 Å². The van der Waals surface area contributed by atoms with E-state index in [0.29, 0.717) is 0 Å². The third kappa shape index (κ3) is 4.13. The second-order valence-electron chi connectivity index (χ2n) is 4.67. The summed E-state index contributed by atoms with van der Waals surface area (Å²) in [6.07, 6.45) is 5.49. The van der Waals surface area contributed by atoms with Gasteiger partial charge in [-0.25, -0.2) is 0 Å². The molecule has 1 aromatic rings. The Kier molecular flexibility index (Phi) is 5.66. The summed E-state index contributed by atoms with van der Waals surface area (Å²) < 4.78 is 5.84. The maximum absolute atomic E-state index is 5.84. The molecule has 1 rings (SSSR count). The van der Waals surface area contributed by atoms with Gasteiger partial charge in [0.15, 0.2) is 0 Å². The molecule has 1 nitrogen and oxygen atoms in total. The van der Waals surface area contributed by atoms with Crippen LogP contribution >= 0.6 is 0 Å². The van der Waals surface area contributed by atoms with Gasteiger partial charge in [-0.1, -0.05) is 55.8 Å². The van der Waals surface area contributed by atoms with Gasteiger partial charge in [-0.05, 0) is 31.7 Å². The molecule has 0 atom stereocenters. The molecule has 17 heavy (non-hydrogen) atoms. The predicted octanol–water partition coefficient (Wildman–Crippen LogP) is 3.34. The summed E-state index contributed by atoms with van der Waals surface area (Å²) in [5, 5.41) is 0. The van der Waals surface area contributed by atoms with Crippen molar-refractivity contribution in [3.05, 3.63) is 41.5 Å². The molecule has 0 aliphatic rings. The third-order valence-corrected chi connectivity index (χ3v) is 4.40. The van der Waals surface area contributed by atoms with Crippen molar-refractivity contribution in [3.8, 4) is 0 Å². The maximum atomic E-state index is 5.84. The summed E-state index contributed by atoms with van der Waals surface area (Å²) in [6, 6.07) is 10.5. The summed E-state index contributed by atoms with van der Waals surface area (Å²) in [5.41, 5.74) is 2.75. The molecule has 2 heteroatoms. The first-order valence-corrected chi connectivity index (χ1v) is 7.25. The first-order chi connectivity index (χ1) is 8.15. The predicted molar refractivity (Wildman–Crippen MR) is 79.0 cm³/mol. The number of benzene rings is 1. The van der Waals surface area contributed by atoms with Crippen LogP contribution in [0.15, 0.2) is 35.9 Å². The molecule has 1 aromatic carbocycles. The Labute approximate surface area is 108 Å². The van der Waals surface area contributed by atoms with Gasteiger partial charge in [-0.15, -0.1) is 0 Å². The standard InChI is InChI=1S/C15H24OSi/c1-4-15(5-2,16-17)12-13(3)11-14-9-7-6-8-10-14/h6-11H,4-5,12H2,1-3,17H3. The van der Waals surface area contributed by atoms with Crippen molar-refractivity contribution in [1.29, 1.82) is 0 Å². The van der Waals surface area contributed by atoms with Crippen molar-refractivity contribution in [1.82, 2.24) is 0 Å². The summed E-state index contributed by atoms with van der Waals surface area (Å²) in [6.45, 7) is 6.64. The zero-order valence-electron chi connectivity index (χ0n) is 11.5. The van der Waals surface area contributed by atoms with Gasteiger partial charge in [0, 0.05) is 0 Å².